The van der Waals surface area contributed by atoms with E-state index in [2.05, 4.69) is 0 Å². The molecule has 58 valence electrons. The van der Waals surface area contributed by atoms with Gasteiger partial charge in [0.25, 0.3) is 0 Å². The molecule has 2 nitrogen and oxygen atoms in total. The molecule has 0 aromatic heterocycles. The third-order valence-corrected chi connectivity index (χ3v) is 1.37. The second-order valence-electron chi connectivity index (χ2n) is 2.18. The van der Waals surface area contributed by atoms with Crippen molar-refractivity contribution in [1.82, 2.24) is 0 Å². The van der Waals surface area contributed by atoms with Crippen molar-refractivity contribution < 1.29 is 9.90 Å². The Kier molecular flexibility index (Phi) is 4.63. The summed E-state index contributed by atoms with van der Waals surface area (Å²) in [6, 6.07) is 0. The molecule has 0 saturated heterocycles. The summed E-state index contributed by atoms with van der Waals surface area (Å²) in [7, 11) is 0. The van der Waals surface area contributed by atoms with E-state index in [1.807, 2.05) is 13.8 Å². The van der Waals surface area contributed by atoms with Crippen LogP contribution < -0.4 is 0 Å². The van der Waals surface area contributed by atoms with E-state index in [1.165, 1.54) is 0 Å². The molecule has 0 aliphatic rings. The van der Waals surface area contributed by atoms with Crippen LogP contribution in [0.25, 0.3) is 0 Å². The fraction of sp³-hybridized carbons (Fsp3) is 0.625. The normalized spacial score (nSPS) is 11.6. The van der Waals surface area contributed by atoms with Gasteiger partial charge < -0.3 is 5.11 Å². The lowest BCUT2D eigenvalue weighted by Crippen LogP contribution is -2.00. The minimum Gasteiger partial charge on any atom is -0.515 e. The number of hydrogen-bond acceptors (Lipinski definition) is 2. The highest BCUT2D eigenvalue weighted by Gasteiger charge is 2.04. The van der Waals surface area contributed by atoms with Gasteiger partial charge in [0.15, 0.2) is 5.78 Å². The average Bonchev–Trinajstić information content (AvgIpc) is 1.91. The van der Waals surface area contributed by atoms with Crippen LogP contribution in [0.2, 0.25) is 0 Å². The molecule has 0 atom stereocenters. The lowest BCUT2D eigenvalue weighted by Gasteiger charge is -1.98. The number of carbonyl (C=O) groups excluding carboxylic acids is 1. The Bertz CT molecular complexity index is 136. The molecule has 0 radical (unpaired) electrons. The standard InChI is InChI=1S/C8H14O2/c1-3-5-8(10)7(4-2)6-9/h6,9H,3-5H2,1-2H3/b7-6-. The summed E-state index contributed by atoms with van der Waals surface area (Å²) < 4.78 is 0. The molecule has 0 aromatic carbocycles. The highest BCUT2D eigenvalue weighted by molar-refractivity contribution is 5.94. The first-order chi connectivity index (χ1) is 4.76. The molecule has 1 N–H and O–H groups in total. The third-order valence-electron chi connectivity index (χ3n) is 1.37. The van der Waals surface area contributed by atoms with Crippen LogP contribution in [0.1, 0.15) is 33.1 Å². The van der Waals surface area contributed by atoms with Crippen molar-refractivity contribution in [1.29, 1.82) is 0 Å². The minimum absolute atomic E-state index is 0.0625. The minimum atomic E-state index is 0.0625. The first kappa shape index (κ1) is 9.21. The van der Waals surface area contributed by atoms with Crippen LogP contribution in [-0.4, -0.2) is 10.9 Å². The molecule has 0 aromatic rings. The zero-order valence-electron chi connectivity index (χ0n) is 6.55. The van der Waals surface area contributed by atoms with E-state index < -0.39 is 0 Å². The predicted molar refractivity (Wildman–Crippen MR) is 40.9 cm³/mol. The molecule has 0 saturated carbocycles. The maximum absolute atomic E-state index is 11.0. The van der Waals surface area contributed by atoms with Gasteiger partial charge in [0.05, 0.1) is 6.26 Å². The molecule has 0 unspecified atom stereocenters. The monoisotopic (exact) mass is 142 g/mol. The van der Waals surface area contributed by atoms with Crippen LogP contribution in [0.4, 0.5) is 0 Å². The van der Waals surface area contributed by atoms with Crippen LogP contribution in [0.15, 0.2) is 11.8 Å². The van der Waals surface area contributed by atoms with Gasteiger partial charge in [-0.05, 0) is 12.8 Å². The van der Waals surface area contributed by atoms with Gasteiger partial charge in [0.1, 0.15) is 0 Å². The van der Waals surface area contributed by atoms with Crippen LogP contribution in [0, 0.1) is 0 Å². The molecule has 0 fully saturated rings. The Labute approximate surface area is 61.6 Å². The molecule has 2 heteroatoms. The van der Waals surface area contributed by atoms with Crippen molar-refractivity contribution in [2.75, 3.05) is 0 Å². The largest absolute Gasteiger partial charge is 0.515 e. The number of allylic oxidation sites excluding steroid dienone is 1. The first-order valence-electron chi connectivity index (χ1n) is 3.62. The van der Waals surface area contributed by atoms with Crippen molar-refractivity contribution in [3.05, 3.63) is 11.8 Å². The van der Waals surface area contributed by atoms with Crippen molar-refractivity contribution >= 4 is 5.78 Å². The van der Waals surface area contributed by atoms with Gasteiger partial charge in [-0.25, -0.2) is 0 Å². The van der Waals surface area contributed by atoms with E-state index >= 15 is 0 Å². The number of Topliss-reactive ketones (excluding diaryl/α,β-unsaturated/α-hetero) is 1. The molecule has 10 heavy (non-hydrogen) atoms. The number of carbonyl (C=O) groups is 1. The smallest absolute Gasteiger partial charge is 0.161 e. The Balaban J connectivity index is 3.91. The molecule has 0 spiro atoms. The summed E-state index contributed by atoms with van der Waals surface area (Å²) in [6.07, 6.45) is 2.92. The number of rotatable bonds is 4. The lowest BCUT2D eigenvalue weighted by molar-refractivity contribution is -0.115. The fourth-order valence-electron chi connectivity index (χ4n) is 0.748. The molecule has 0 rings (SSSR count). The highest BCUT2D eigenvalue weighted by atomic mass is 16.2. The van der Waals surface area contributed by atoms with Crippen molar-refractivity contribution in [3.8, 4) is 0 Å². The van der Waals surface area contributed by atoms with Gasteiger partial charge >= 0.3 is 0 Å². The zero-order valence-corrected chi connectivity index (χ0v) is 6.55. The van der Waals surface area contributed by atoms with Gasteiger partial charge in [-0.2, -0.15) is 0 Å². The summed E-state index contributed by atoms with van der Waals surface area (Å²) in [4.78, 5) is 11.0. The second kappa shape index (κ2) is 5.03. The summed E-state index contributed by atoms with van der Waals surface area (Å²) in [5, 5.41) is 8.54. The van der Waals surface area contributed by atoms with Crippen molar-refractivity contribution in [2.24, 2.45) is 0 Å². The second-order valence-corrected chi connectivity index (χ2v) is 2.18. The number of hydrogen-bond donors (Lipinski definition) is 1. The summed E-state index contributed by atoms with van der Waals surface area (Å²) in [6.45, 7) is 3.80. The van der Waals surface area contributed by atoms with Crippen molar-refractivity contribution in [3.63, 3.8) is 0 Å². The zero-order chi connectivity index (χ0) is 7.98. The van der Waals surface area contributed by atoms with Crippen LogP contribution in [-0.2, 0) is 4.79 Å². The van der Waals surface area contributed by atoms with Crippen LogP contribution in [0.5, 0.6) is 0 Å². The molecular weight excluding hydrogens is 128 g/mol. The van der Waals surface area contributed by atoms with Gasteiger partial charge in [0, 0.05) is 12.0 Å². The van der Waals surface area contributed by atoms with E-state index in [0.717, 1.165) is 12.7 Å². The van der Waals surface area contributed by atoms with Crippen LogP contribution >= 0.6 is 0 Å². The Morgan fingerprint density at radius 2 is 2.10 bits per heavy atom. The highest BCUT2D eigenvalue weighted by Crippen LogP contribution is 2.05. The molecular formula is C8H14O2. The third kappa shape index (κ3) is 2.67. The molecule has 0 amide bonds. The molecule has 0 heterocycles. The summed E-state index contributed by atoms with van der Waals surface area (Å²) in [5.41, 5.74) is 0.529. The van der Waals surface area contributed by atoms with E-state index in [9.17, 15) is 4.79 Å². The molecule has 0 aliphatic carbocycles. The maximum atomic E-state index is 11.0. The maximum Gasteiger partial charge on any atom is 0.161 e. The Morgan fingerprint density at radius 3 is 2.40 bits per heavy atom. The summed E-state index contributed by atoms with van der Waals surface area (Å²) in [5.74, 6) is 0.0625. The molecule has 0 bridgehead atoms. The van der Waals surface area contributed by atoms with E-state index in [1.54, 1.807) is 0 Å². The van der Waals surface area contributed by atoms with Crippen LogP contribution in [0.3, 0.4) is 0 Å². The molecule has 0 aliphatic heterocycles. The number of aliphatic hydroxyl groups is 1. The van der Waals surface area contributed by atoms with Gasteiger partial charge in [-0.3, -0.25) is 4.79 Å². The quantitative estimate of drug-likeness (QED) is 0.482. The van der Waals surface area contributed by atoms with Gasteiger partial charge in [0.2, 0.25) is 0 Å². The van der Waals surface area contributed by atoms with E-state index in [4.69, 9.17) is 5.11 Å². The predicted octanol–water partition coefficient (Wildman–Crippen LogP) is 2.21. The topological polar surface area (TPSA) is 37.3 Å². The van der Waals surface area contributed by atoms with Gasteiger partial charge in [-0.15, -0.1) is 0 Å². The first-order valence-corrected chi connectivity index (χ1v) is 3.62. The Hall–Kier alpha value is -0.790. The fourth-order valence-corrected chi connectivity index (χ4v) is 0.748. The van der Waals surface area contributed by atoms with Crippen molar-refractivity contribution in [2.45, 2.75) is 33.1 Å². The Morgan fingerprint density at radius 1 is 1.50 bits per heavy atom. The number of ketones is 1. The SMILES string of the molecule is CCCC(=O)/C(=C\O)CC. The van der Waals surface area contributed by atoms with E-state index in [-0.39, 0.29) is 5.78 Å². The summed E-state index contributed by atoms with van der Waals surface area (Å²) >= 11 is 0. The number of aliphatic hydroxyl groups excluding tert-OH is 1. The van der Waals surface area contributed by atoms with E-state index in [0.29, 0.717) is 18.4 Å². The average molecular weight is 142 g/mol. The lowest BCUT2D eigenvalue weighted by atomic mass is 10.1. The van der Waals surface area contributed by atoms with Gasteiger partial charge in [-0.1, -0.05) is 13.8 Å².